The minimum absolute atomic E-state index is 0.253. The molecule has 1 aliphatic heterocycles. The normalized spacial score (nSPS) is 13.7. The molecule has 0 saturated carbocycles. The lowest BCUT2D eigenvalue weighted by atomic mass is 10.0. The van der Waals surface area contributed by atoms with Crippen molar-refractivity contribution in [3.05, 3.63) is 78.1 Å². The molecule has 1 unspecified atom stereocenters. The minimum Gasteiger partial charge on any atom is -0.455 e. The maximum absolute atomic E-state index is 6.32. The van der Waals surface area contributed by atoms with E-state index in [0.29, 0.717) is 0 Å². The Morgan fingerprint density at radius 3 is 2.59 bits per heavy atom. The fourth-order valence-corrected chi connectivity index (χ4v) is 3.40. The lowest BCUT2D eigenvalue weighted by Gasteiger charge is -2.21. The van der Waals surface area contributed by atoms with Crippen LogP contribution in [0.2, 0.25) is 0 Å². The second kappa shape index (κ2) is 5.48. The molecule has 2 N–H and O–H groups in total. The van der Waals surface area contributed by atoms with Crippen LogP contribution in [0.25, 0.3) is 0 Å². The molecule has 0 fully saturated rings. The highest BCUT2D eigenvalue weighted by Crippen LogP contribution is 2.47. The predicted octanol–water partition coefficient (Wildman–Crippen LogP) is 4.39. The molecule has 108 valence electrons. The van der Waals surface area contributed by atoms with Crippen molar-refractivity contribution in [2.75, 3.05) is 0 Å². The van der Waals surface area contributed by atoms with Crippen LogP contribution < -0.4 is 10.5 Å². The molecule has 2 heterocycles. The van der Waals surface area contributed by atoms with Crippen LogP contribution in [-0.4, -0.2) is 4.98 Å². The maximum Gasteiger partial charge on any atom is 0.141 e. The van der Waals surface area contributed by atoms with E-state index in [0.717, 1.165) is 32.5 Å². The molecular formula is C18H14N2OS. The Morgan fingerprint density at radius 2 is 1.73 bits per heavy atom. The van der Waals surface area contributed by atoms with E-state index in [1.165, 1.54) is 0 Å². The Labute approximate surface area is 133 Å². The van der Waals surface area contributed by atoms with Crippen molar-refractivity contribution in [1.29, 1.82) is 0 Å². The van der Waals surface area contributed by atoms with E-state index in [1.54, 1.807) is 18.0 Å². The first-order chi connectivity index (χ1) is 10.8. The summed E-state index contributed by atoms with van der Waals surface area (Å²) < 4.78 is 6.01. The zero-order valence-corrected chi connectivity index (χ0v) is 12.6. The van der Waals surface area contributed by atoms with Gasteiger partial charge in [-0.25, -0.2) is 0 Å². The Hall–Kier alpha value is -2.30. The maximum atomic E-state index is 6.32. The van der Waals surface area contributed by atoms with Crippen LogP contribution in [0.4, 0.5) is 0 Å². The molecule has 1 aromatic heterocycles. The first kappa shape index (κ1) is 13.4. The molecule has 1 atom stereocenters. The standard InChI is InChI=1S/C18H14N2OS/c19-18(13-5-3-4-10-20-13)12-8-9-17-15(11-12)21-14-6-1-2-7-16(14)22-17/h1-11,18H,19H2. The molecule has 0 spiro atoms. The summed E-state index contributed by atoms with van der Waals surface area (Å²) in [6.45, 7) is 0. The Bertz CT molecular complexity index is 820. The number of fused-ring (bicyclic) bond motifs is 2. The van der Waals surface area contributed by atoms with E-state index in [9.17, 15) is 0 Å². The molecule has 3 nitrogen and oxygen atoms in total. The van der Waals surface area contributed by atoms with Gasteiger partial charge in [-0.05, 0) is 42.0 Å². The Balaban J connectivity index is 1.69. The SMILES string of the molecule is NC(c1ccc2c(c1)Oc1ccccc1S2)c1ccccn1. The van der Waals surface area contributed by atoms with E-state index in [-0.39, 0.29) is 6.04 Å². The van der Waals surface area contributed by atoms with Gasteiger partial charge in [0.2, 0.25) is 0 Å². The van der Waals surface area contributed by atoms with E-state index in [2.05, 4.69) is 17.1 Å². The molecule has 3 aromatic rings. The molecule has 4 rings (SSSR count). The van der Waals surface area contributed by atoms with E-state index in [4.69, 9.17) is 10.5 Å². The highest BCUT2D eigenvalue weighted by Gasteiger charge is 2.19. The van der Waals surface area contributed by atoms with Crippen LogP contribution in [-0.2, 0) is 0 Å². The van der Waals surface area contributed by atoms with E-state index < -0.39 is 0 Å². The van der Waals surface area contributed by atoms with E-state index >= 15 is 0 Å². The van der Waals surface area contributed by atoms with Crippen molar-refractivity contribution >= 4 is 11.8 Å². The van der Waals surface area contributed by atoms with Crippen molar-refractivity contribution in [2.24, 2.45) is 5.73 Å². The van der Waals surface area contributed by atoms with Gasteiger partial charge < -0.3 is 10.5 Å². The fraction of sp³-hybridized carbons (Fsp3) is 0.0556. The second-order valence-electron chi connectivity index (χ2n) is 5.09. The van der Waals surface area contributed by atoms with Gasteiger partial charge in [0.15, 0.2) is 0 Å². The number of ether oxygens (including phenoxy) is 1. The number of para-hydroxylation sites is 1. The predicted molar refractivity (Wildman–Crippen MR) is 87.3 cm³/mol. The second-order valence-corrected chi connectivity index (χ2v) is 6.17. The lowest BCUT2D eigenvalue weighted by Crippen LogP contribution is -2.13. The molecule has 22 heavy (non-hydrogen) atoms. The van der Waals surface area contributed by atoms with Crippen LogP contribution in [0.5, 0.6) is 11.5 Å². The average molecular weight is 306 g/mol. The zero-order valence-electron chi connectivity index (χ0n) is 11.8. The molecule has 0 radical (unpaired) electrons. The van der Waals surface area contributed by atoms with Crippen LogP contribution in [0.15, 0.2) is 76.7 Å². The number of nitrogens with two attached hydrogens (primary N) is 1. The van der Waals surface area contributed by atoms with Crippen LogP contribution in [0.3, 0.4) is 0 Å². The molecule has 0 saturated heterocycles. The lowest BCUT2D eigenvalue weighted by molar-refractivity contribution is 0.453. The number of nitrogens with zero attached hydrogens (tertiary/aromatic N) is 1. The van der Waals surface area contributed by atoms with Crippen LogP contribution in [0.1, 0.15) is 17.3 Å². The Morgan fingerprint density at radius 1 is 0.909 bits per heavy atom. The number of pyridine rings is 1. The van der Waals surface area contributed by atoms with Crippen molar-refractivity contribution in [1.82, 2.24) is 4.98 Å². The Kier molecular flexibility index (Phi) is 3.33. The molecule has 4 heteroatoms. The number of benzene rings is 2. The van der Waals surface area contributed by atoms with Gasteiger partial charge >= 0.3 is 0 Å². The molecule has 0 aliphatic carbocycles. The molecule has 0 amide bonds. The summed E-state index contributed by atoms with van der Waals surface area (Å²) in [4.78, 5) is 6.58. The monoisotopic (exact) mass is 306 g/mol. The molecule has 2 aromatic carbocycles. The molecular weight excluding hydrogens is 292 g/mol. The first-order valence-corrected chi connectivity index (χ1v) is 7.88. The zero-order chi connectivity index (χ0) is 14.9. The smallest absolute Gasteiger partial charge is 0.141 e. The summed E-state index contributed by atoms with van der Waals surface area (Å²) in [5, 5.41) is 0. The van der Waals surface area contributed by atoms with Gasteiger partial charge in [-0.3, -0.25) is 4.98 Å². The highest BCUT2D eigenvalue weighted by atomic mass is 32.2. The van der Waals surface area contributed by atoms with Gasteiger partial charge in [0.25, 0.3) is 0 Å². The van der Waals surface area contributed by atoms with E-state index in [1.807, 2.05) is 48.5 Å². The van der Waals surface area contributed by atoms with Crippen molar-refractivity contribution < 1.29 is 4.74 Å². The highest BCUT2D eigenvalue weighted by molar-refractivity contribution is 7.99. The van der Waals surface area contributed by atoms with Crippen LogP contribution in [0, 0.1) is 0 Å². The summed E-state index contributed by atoms with van der Waals surface area (Å²) >= 11 is 1.72. The summed E-state index contributed by atoms with van der Waals surface area (Å²) in [6.07, 6.45) is 1.76. The summed E-state index contributed by atoms with van der Waals surface area (Å²) in [5.41, 5.74) is 8.17. The summed E-state index contributed by atoms with van der Waals surface area (Å²) in [7, 11) is 0. The number of aromatic nitrogens is 1. The van der Waals surface area contributed by atoms with Gasteiger partial charge in [0, 0.05) is 6.20 Å². The third-order valence-corrected chi connectivity index (χ3v) is 4.74. The summed E-state index contributed by atoms with van der Waals surface area (Å²) in [6, 6.07) is 19.7. The summed E-state index contributed by atoms with van der Waals surface area (Å²) in [5.74, 6) is 1.75. The van der Waals surface area contributed by atoms with Gasteiger partial charge in [-0.1, -0.05) is 36.0 Å². The fourth-order valence-electron chi connectivity index (χ4n) is 2.47. The van der Waals surface area contributed by atoms with Gasteiger partial charge in [-0.2, -0.15) is 0 Å². The van der Waals surface area contributed by atoms with Crippen molar-refractivity contribution in [2.45, 2.75) is 15.8 Å². The number of rotatable bonds is 2. The van der Waals surface area contributed by atoms with Gasteiger partial charge in [-0.15, -0.1) is 0 Å². The molecule has 0 bridgehead atoms. The van der Waals surface area contributed by atoms with Crippen molar-refractivity contribution in [3.63, 3.8) is 0 Å². The van der Waals surface area contributed by atoms with Crippen LogP contribution >= 0.6 is 11.8 Å². The average Bonchev–Trinajstić information content (AvgIpc) is 2.59. The molecule has 1 aliphatic rings. The quantitative estimate of drug-likeness (QED) is 0.597. The largest absolute Gasteiger partial charge is 0.455 e. The van der Waals surface area contributed by atoms with Crippen molar-refractivity contribution in [3.8, 4) is 11.5 Å². The topological polar surface area (TPSA) is 48.1 Å². The van der Waals surface area contributed by atoms with Gasteiger partial charge in [0.1, 0.15) is 11.5 Å². The number of hydrogen-bond donors (Lipinski definition) is 1. The third kappa shape index (κ3) is 2.36. The third-order valence-electron chi connectivity index (χ3n) is 3.62. The van der Waals surface area contributed by atoms with Gasteiger partial charge in [0.05, 0.1) is 21.5 Å². The first-order valence-electron chi connectivity index (χ1n) is 7.06. The minimum atomic E-state index is -0.253. The number of hydrogen-bond acceptors (Lipinski definition) is 4.